The van der Waals surface area contributed by atoms with Gasteiger partial charge < -0.3 is 9.47 Å². The first-order chi connectivity index (χ1) is 4.66. The molecule has 60 valence electrons. The Bertz CT molecular complexity index is 118. The predicted molar refractivity (Wildman–Crippen MR) is 40.2 cm³/mol. The fourth-order valence-electron chi connectivity index (χ4n) is 1.03. The summed E-state index contributed by atoms with van der Waals surface area (Å²) in [6, 6.07) is 0. The Morgan fingerprint density at radius 1 is 1.70 bits per heavy atom. The zero-order valence-corrected chi connectivity index (χ0v) is 7.15. The topological polar surface area (TPSA) is 18.5 Å². The first kappa shape index (κ1) is 8.31. The molecule has 2 atom stereocenters. The van der Waals surface area contributed by atoms with E-state index in [1.54, 1.807) is 0 Å². The summed E-state index contributed by atoms with van der Waals surface area (Å²) >= 11 is 5.64. The molecule has 1 rings (SSSR count). The highest BCUT2D eigenvalue weighted by atomic mass is 35.5. The average molecular weight is 165 g/mol. The number of hydrogen-bond donors (Lipinski definition) is 0. The minimum atomic E-state index is -0.542. The van der Waals surface area contributed by atoms with Gasteiger partial charge in [-0.25, -0.2) is 0 Å². The molecule has 0 aromatic carbocycles. The number of hydrogen-bond acceptors (Lipinski definition) is 2. The zero-order valence-electron chi connectivity index (χ0n) is 6.39. The summed E-state index contributed by atoms with van der Waals surface area (Å²) in [5.74, 6) is -0.142. The second kappa shape index (κ2) is 3.07. The van der Waals surface area contributed by atoms with Crippen LogP contribution in [0.25, 0.3) is 0 Å². The van der Waals surface area contributed by atoms with Crippen LogP contribution in [0.3, 0.4) is 0 Å². The van der Waals surface area contributed by atoms with Crippen molar-refractivity contribution in [1.82, 2.24) is 0 Å². The van der Waals surface area contributed by atoms with E-state index in [4.69, 9.17) is 21.1 Å². The number of ether oxygens (including phenoxy) is 2. The molecule has 0 radical (unpaired) electrons. The van der Waals surface area contributed by atoms with Crippen LogP contribution in [0.15, 0.2) is 0 Å². The molecule has 0 aliphatic carbocycles. The van der Waals surface area contributed by atoms with Gasteiger partial charge in [0.2, 0.25) is 0 Å². The van der Waals surface area contributed by atoms with Gasteiger partial charge >= 0.3 is 0 Å². The Morgan fingerprint density at radius 3 is 2.80 bits per heavy atom. The Labute approximate surface area is 66.5 Å². The van der Waals surface area contributed by atoms with Crippen molar-refractivity contribution >= 4 is 11.6 Å². The second-order valence-electron chi connectivity index (χ2n) is 2.83. The molecule has 1 heterocycles. The minimum absolute atomic E-state index is 0.275. The van der Waals surface area contributed by atoms with Gasteiger partial charge in [0.15, 0.2) is 5.79 Å². The lowest BCUT2D eigenvalue weighted by molar-refractivity contribution is -0.266. The monoisotopic (exact) mass is 164 g/mol. The molecule has 0 spiro atoms. The maximum absolute atomic E-state index is 5.64. The van der Waals surface area contributed by atoms with E-state index in [0.29, 0.717) is 5.88 Å². The van der Waals surface area contributed by atoms with Crippen molar-refractivity contribution in [2.45, 2.75) is 32.2 Å². The molecule has 2 nitrogen and oxygen atoms in total. The van der Waals surface area contributed by atoms with E-state index in [-0.39, 0.29) is 6.10 Å². The summed E-state index contributed by atoms with van der Waals surface area (Å²) in [4.78, 5) is 0. The standard InChI is InChI=1S/C7H13ClO2/c1-6-3-4-9-7(2,5-8)10-6/h6H,3-5H2,1-2H3/t6-,7-/m0/s1. The molecular formula is C7H13ClO2. The summed E-state index contributed by atoms with van der Waals surface area (Å²) in [6.07, 6.45) is 1.24. The van der Waals surface area contributed by atoms with Crippen LogP contribution in [0.4, 0.5) is 0 Å². The average Bonchev–Trinajstić information content (AvgIpc) is 1.88. The van der Waals surface area contributed by atoms with E-state index in [9.17, 15) is 0 Å². The third-order valence-electron chi connectivity index (χ3n) is 1.62. The minimum Gasteiger partial charge on any atom is -0.349 e. The van der Waals surface area contributed by atoms with E-state index in [1.807, 2.05) is 13.8 Å². The molecule has 1 aliphatic rings. The maximum Gasteiger partial charge on any atom is 0.179 e. The summed E-state index contributed by atoms with van der Waals surface area (Å²) < 4.78 is 10.8. The maximum atomic E-state index is 5.64. The molecule has 1 saturated heterocycles. The molecule has 0 amide bonds. The Morgan fingerprint density at radius 2 is 2.40 bits per heavy atom. The van der Waals surface area contributed by atoms with Crippen molar-refractivity contribution in [1.29, 1.82) is 0 Å². The van der Waals surface area contributed by atoms with Gasteiger partial charge in [-0.3, -0.25) is 0 Å². The predicted octanol–water partition coefficient (Wildman–Crippen LogP) is 1.77. The molecule has 0 saturated carbocycles. The highest BCUT2D eigenvalue weighted by Gasteiger charge is 2.30. The molecule has 1 fully saturated rings. The quantitative estimate of drug-likeness (QED) is 0.550. The van der Waals surface area contributed by atoms with Crippen LogP contribution >= 0.6 is 11.6 Å². The molecule has 0 unspecified atom stereocenters. The Hall–Kier alpha value is 0.210. The van der Waals surface area contributed by atoms with E-state index >= 15 is 0 Å². The number of rotatable bonds is 1. The van der Waals surface area contributed by atoms with E-state index in [0.717, 1.165) is 13.0 Å². The third kappa shape index (κ3) is 1.84. The Balaban J connectivity index is 2.45. The van der Waals surface area contributed by atoms with Crippen LogP contribution in [-0.4, -0.2) is 24.4 Å². The van der Waals surface area contributed by atoms with Crippen LogP contribution in [0.5, 0.6) is 0 Å². The normalized spacial score (nSPS) is 41.7. The zero-order chi connectivity index (χ0) is 7.61. The second-order valence-corrected chi connectivity index (χ2v) is 3.10. The highest BCUT2D eigenvalue weighted by Crippen LogP contribution is 2.23. The van der Waals surface area contributed by atoms with Crippen molar-refractivity contribution in [3.05, 3.63) is 0 Å². The lowest BCUT2D eigenvalue weighted by atomic mass is 10.2. The highest BCUT2D eigenvalue weighted by molar-refractivity contribution is 6.18. The molecule has 0 N–H and O–H groups in total. The lowest BCUT2D eigenvalue weighted by Gasteiger charge is -2.35. The SMILES string of the molecule is C[C@H]1CCO[C@](C)(CCl)O1. The van der Waals surface area contributed by atoms with E-state index in [1.165, 1.54) is 0 Å². The van der Waals surface area contributed by atoms with E-state index in [2.05, 4.69) is 0 Å². The van der Waals surface area contributed by atoms with Gasteiger partial charge in [0.05, 0.1) is 18.6 Å². The van der Waals surface area contributed by atoms with Crippen LogP contribution < -0.4 is 0 Å². The first-order valence-corrected chi connectivity index (χ1v) is 4.07. The fraction of sp³-hybridized carbons (Fsp3) is 1.00. The molecule has 3 heteroatoms. The van der Waals surface area contributed by atoms with Crippen LogP contribution in [0.1, 0.15) is 20.3 Å². The first-order valence-electron chi connectivity index (χ1n) is 3.54. The third-order valence-corrected chi connectivity index (χ3v) is 2.11. The van der Waals surface area contributed by atoms with Gasteiger partial charge in [0.1, 0.15) is 0 Å². The van der Waals surface area contributed by atoms with Gasteiger partial charge in [-0.1, -0.05) is 0 Å². The van der Waals surface area contributed by atoms with Crippen molar-refractivity contribution in [2.75, 3.05) is 12.5 Å². The van der Waals surface area contributed by atoms with Crippen molar-refractivity contribution in [2.24, 2.45) is 0 Å². The summed E-state index contributed by atoms with van der Waals surface area (Å²) in [5.41, 5.74) is 0. The summed E-state index contributed by atoms with van der Waals surface area (Å²) in [7, 11) is 0. The Kier molecular flexibility index (Phi) is 2.55. The number of alkyl halides is 1. The molecule has 0 aromatic rings. The van der Waals surface area contributed by atoms with Crippen LogP contribution in [-0.2, 0) is 9.47 Å². The van der Waals surface area contributed by atoms with Crippen molar-refractivity contribution in [3.63, 3.8) is 0 Å². The largest absolute Gasteiger partial charge is 0.349 e. The summed E-state index contributed by atoms with van der Waals surface area (Å²) in [6.45, 7) is 4.66. The lowest BCUT2D eigenvalue weighted by Crippen LogP contribution is -2.42. The number of halogens is 1. The van der Waals surface area contributed by atoms with Gasteiger partial charge in [0.25, 0.3) is 0 Å². The molecule has 1 aliphatic heterocycles. The fourth-order valence-corrected chi connectivity index (χ4v) is 1.17. The molecule has 0 bridgehead atoms. The molecule has 0 aromatic heterocycles. The smallest absolute Gasteiger partial charge is 0.179 e. The van der Waals surface area contributed by atoms with Crippen molar-refractivity contribution < 1.29 is 9.47 Å². The van der Waals surface area contributed by atoms with Crippen LogP contribution in [0.2, 0.25) is 0 Å². The van der Waals surface area contributed by atoms with Gasteiger partial charge in [-0.2, -0.15) is 0 Å². The summed E-state index contributed by atoms with van der Waals surface area (Å²) in [5, 5.41) is 0. The van der Waals surface area contributed by atoms with Gasteiger partial charge in [-0.05, 0) is 20.3 Å². The van der Waals surface area contributed by atoms with Gasteiger partial charge in [0, 0.05) is 0 Å². The molecule has 10 heavy (non-hydrogen) atoms. The molecular weight excluding hydrogens is 152 g/mol. The van der Waals surface area contributed by atoms with E-state index < -0.39 is 5.79 Å². The van der Waals surface area contributed by atoms with Crippen molar-refractivity contribution in [3.8, 4) is 0 Å². The van der Waals surface area contributed by atoms with Gasteiger partial charge in [-0.15, -0.1) is 11.6 Å². The van der Waals surface area contributed by atoms with Crippen LogP contribution in [0, 0.1) is 0 Å².